The fraction of sp³-hybridized carbons (Fsp3) is 0.944. The Morgan fingerprint density at radius 3 is 2.10 bits per heavy atom. The molecule has 0 bridgehead atoms. The molecule has 0 unspecified atom stereocenters. The van der Waals surface area contributed by atoms with Crippen molar-refractivity contribution in [2.45, 2.75) is 86.0 Å². The van der Waals surface area contributed by atoms with Gasteiger partial charge in [0.05, 0.1) is 0 Å². The van der Waals surface area contributed by atoms with Crippen molar-refractivity contribution < 1.29 is 4.79 Å². The molecule has 0 radical (unpaired) electrons. The van der Waals surface area contributed by atoms with Crippen LogP contribution in [-0.2, 0) is 4.79 Å². The van der Waals surface area contributed by atoms with E-state index in [0.717, 1.165) is 25.8 Å². The highest BCUT2D eigenvalue weighted by atomic mass is 16.2. The summed E-state index contributed by atoms with van der Waals surface area (Å²) in [6.07, 6.45) is 9.32. The lowest BCUT2D eigenvalue weighted by atomic mass is 9.89. The molecule has 0 saturated carbocycles. The number of rotatable bonds is 10. The molecule has 0 N–H and O–H groups in total. The normalized spacial score (nSPS) is 11.9. The molecule has 0 aliphatic heterocycles. The summed E-state index contributed by atoms with van der Waals surface area (Å²) in [6, 6.07) is 0. The van der Waals surface area contributed by atoms with Crippen molar-refractivity contribution in [2.75, 3.05) is 13.6 Å². The maximum absolute atomic E-state index is 11.9. The number of carbonyl (C=O) groups excluding carboxylic acids is 1. The van der Waals surface area contributed by atoms with Crippen LogP contribution >= 0.6 is 0 Å². The molecule has 0 aromatic heterocycles. The molecule has 0 saturated heterocycles. The number of unbranched alkanes of at least 4 members (excludes halogenated alkanes) is 4. The molecule has 1 amide bonds. The van der Waals surface area contributed by atoms with E-state index in [0.29, 0.717) is 17.2 Å². The van der Waals surface area contributed by atoms with Gasteiger partial charge in [0.1, 0.15) is 0 Å². The van der Waals surface area contributed by atoms with Crippen LogP contribution in [0.1, 0.15) is 86.0 Å². The molecule has 0 rings (SSSR count). The summed E-state index contributed by atoms with van der Waals surface area (Å²) < 4.78 is 0. The Bertz CT molecular complexity index is 253. The van der Waals surface area contributed by atoms with Crippen LogP contribution in [0.25, 0.3) is 0 Å². The zero-order chi connectivity index (χ0) is 15.6. The van der Waals surface area contributed by atoms with Gasteiger partial charge >= 0.3 is 0 Å². The van der Waals surface area contributed by atoms with Gasteiger partial charge in [-0.05, 0) is 30.6 Å². The van der Waals surface area contributed by atoms with Crippen LogP contribution in [0, 0.1) is 11.3 Å². The second-order valence-corrected chi connectivity index (χ2v) is 7.83. The number of nitrogens with zero attached hydrogens (tertiary/aromatic N) is 1. The molecule has 0 spiro atoms. The van der Waals surface area contributed by atoms with Gasteiger partial charge in [-0.15, -0.1) is 0 Å². The highest BCUT2D eigenvalue weighted by Crippen LogP contribution is 2.22. The first-order valence-electron chi connectivity index (χ1n) is 8.46. The van der Waals surface area contributed by atoms with Crippen LogP contribution in [0.15, 0.2) is 0 Å². The van der Waals surface area contributed by atoms with E-state index in [9.17, 15) is 4.79 Å². The van der Waals surface area contributed by atoms with Gasteiger partial charge in [0, 0.05) is 20.0 Å². The van der Waals surface area contributed by atoms with Crippen LogP contribution in [0.2, 0.25) is 0 Å². The summed E-state index contributed by atoms with van der Waals surface area (Å²) in [5.41, 5.74) is 0.467. The van der Waals surface area contributed by atoms with Crippen LogP contribution in [0.3, 0.4) is 0 Å². The minimum Gasteiger partial charge on any atom is -0.346 e. The highest BCUT2D eigenvalue weighted by Gasteiger charge is 2.10. The summed E-state index contributed by atoms with van der Waals surface area (Å²) in [5.74, 6) is 0.994. The second kappa shape index (κ2) is 10.2. The van der Waals surface area contributed by atoms with Crippen LogP contribution in [0.5, 0.6) is 0 Å². The third-order valence-corrected chi connectivity index (χ3v) is 3.79. The molecule has 0 aromatic carbocycles. The van der Waals surface area contributed by atoms with Crippen molar-refractivity contribution in [3.05, 3.63) is 0 Å². The molecule has 0 aliphatic rings. The maximum atomic E-state index is 11.9. The molecule has 0 aromatic rings. The summed E-state index contributed by atoms with van der Waals surface area (Å²) in [4.78, 5) is 13.8. The SMILES string of the molecule is CC(C)CCN(C)C(=O)CCCCCCCC(C)(C)C. The van der Waals surface area contributed by atoms with Gasteiger partial charge in [-0.25, -0.2) is 0 Å². The van der Waals surface area contributed by atoms with Gasteiger partial charge in [-0.3, -0.25) is 4.79 Å². The Labute approximate surface area is 127 Å². The Balaban J connectivity index is 3.48. The number of hydrogen-bond donors (Lipinski definition) is 0. The number of amides is 1. The predicted molar refractivity (Wildman–Crippen MR) is 88.9 cm³/mol. The molecular weight excluding hydrogens is 246 g/mol. The largest absolute Gasteiger partial charge is 0.346 e. The van der Waals surface area contributed by atoms with Crippen LogP contribution in [-0.4, -0.2) is 24.4 Å². The molecule has 0 atom stereocenters. The van der Waals surface area contributed by atoms with Gasteiger partial charge in [-0.1, -0.05) is 60.3 Å². The van der Waals surface area contributed by atoms with E-state index in [1.807, 2.05) is 11.9 Å². The lowest BCUT2D eigenvalue weighted by molar-refractivity contribution is -0.130. The zero-order valence-electron chi connectivity index (χ0n) is 14.8. The van der Waals surface area contributed by atoms with Gasteiger partial charge in [0.2, 0.25) is 5.91 Å². The minimum absolute atomic E-state index is 0.320. The van der Waals surface area contributed by atoms with E-state index in [1.54, 1.807) is 0 Å². The Hall–Kier alpha value is -0.530. The first-order valence-corrected chi connectivity index (χ1v) is 8.46. The van der Waals surface area contributed by atoms with E-state index < -0.39 is 0 Å². The van der Waals surface area contributed by atoms with Gasteiger partial charge < -0.3 is 4.90 Å². The number of carbonyl (C=O) groups is 1. The van der Waals surface area contributed by atoms with Crippen molar-refractivity contribution in [3.63, 3.8) is 0 Å². The molecular formula is C18H37NO. The summed E-state index contributed by atoms with van der Waals surface area (Å²) in [7, 11) is 1.94. The zero-order valence-corrected chi connectivity index (χ0v) is 14.8. The van der Waals surface area contributed by atoms with Crippen LogP contribution < -0.4 is 0 Å². The topological polar surface area (TPSA) is 20.3 Å². The fourth-order valence-corrected chi connectivity index (χ4v) is 2.23. The quantitative estimate of drug-likeness (QED) is 0.500. The van der Waals surface area contributed by atoms with Gasteiger partial charge in [0.25, 0.3) is 0 Å². The van der Waals surface area contributed by atoms with E-state index in [2.05, 4.69) is 34.6 Å². The van der Waals surface area contributed by atoms with Gasteiger partial charge in [0.15, 0.2) is 0 Å². The van der Waals surface area contributed by atoms with Crippen molar-refractivity contribution in [2.24, 2.45) is 11.3 Å². The van der Waals surface area contributed by atoms with E-state index >= 15 is 0 Å². The number of hydrogen-bond acceptors (Lipinski definition) is 1. The van der Waals surface area contributed by atoms with Crippen molar-refractivity contribution in [1.82, 2.24) is 4.90 Å². The van der Waals surface area contributed by atoms with E-state index in [-0.39, 0.29) is 0 Å². The van der Waals surface area contributed by atoms with E-state index in [1.165, 1.54) is 32.1 Å². The third kappa shape index (κ3) is 12.5. The second-order valence-electron chi connectivity index (χ2n) is 7.83. The molecule has 2 nitrogen and oxygen atoms in total. The summed E-state index contributed by atoms with van der Waals surface area (Å²) in [6.45, 7) is 12.2. The Morgan fingerprint density at radius 2 is 1.55 bits per heavy atom. The molecule has 0 aliphatic carbocycles. The van der Waals surface area contributed by atoms with Crippen LogP contribution in [0.4, 0.5) is 0 Å². The smallest absolute Gasteiger partial charge is 0.222 e. The van der Waals surface area contributed by atoms with Crippen molar-refractivity contribution >= 4 is 5.91 Å². The average molecular weight is 283 g/mol. The lowest BCUT2D eigenvalue weighted by Gasteiger charge is -2.18. The maximum Gasteiger partial charge on any atom is 0.222 e. The molecule has 0 fully saturated rings. The first kappa shape index (κ1) is 19.5. The lowest BCUT2D eigenvalue weighted by Crippen LogP contribution is -2.28. The Kier molecular flexibility index (Phi) is 9.96. The molecule has 0 heterocycles. The average Bonchev–Trinajstić information content (AvgIpc) is 2.33. The fourth-order valence-electron chi connectivity index (χ4n) is 2.23. The molecule has 2 heteroatoms. The Morgan fingerprint density at radius 1 is 1.00 bits per heavy atom. The van der Waals surface area contributed by atoms with E-state index in [4.69, 9.17) is 0 Å². The van der Waals surface area contributed by atoms with Crippen molar-refractivity contribution in [1.29, 1.82) is 0 Å². The first-order chi connectivity index (χ1) is 9.22. The highest BCUT2D eigenvalue weighted by molar-refractivity contribution is 5.75. The standard InChI is InChI=1S/C18H37NO/c1-16(2)13-15-19(6)17(20)12-10-8-7-9-11-14-18(3,4)5/h16H,7-15H2,1-6H3. The van der Waals surface area contributed by atoms with Crippen molar-refractivity contribution in [3.8, 4) is 0 Å². The summed E-state index contributed by atoms with van der Waals surface area (Å²) in [5, 5.41) is 0. The molecule has 120 valence electrons. The molecule has 20 heavy (non-hydrogen) atoms. The van der Waals surface area contributed by atoms with Gasteiger partial charge in [-0.2, -0.15) is 0 Å². The third-order valence-electron chi connectivity index (χ3n) is 3.79. The predicted octanol–water partition coefficient (Wildman–Crippen LogP) is 5.27. The minimum atomic E-state index is 0.320. The summed E-state index contributed by atoms with van der Waals surface area (Å²) >= 11 is 0. The monoisotopic (exact) mass is 283 g/mol.